The van der Waals surface area contributed by atoms with Gasteiger partial charge in [0.25, 0.3) is 0 Å². The van der Waals surface area contributed by atoms with Crippen LogP contribution in [0.5, 0.6) is 0 Å². The van der Waals surface area contributed by atoms with E-state index >= 15 is 0 Å². The summed E-state index contributed by atoms with van der Waals surface area (Å²) in [6.45, 7) is 0. The first-order chi connectivity index (χ1) is 21.3. The predicted molar refractivity (Wildman–Crippen MR) is 178 cm³/mol. The highest BCUT2D eigenvalue weighted by atomic mass is 16.4. The highest BCUT2D eigenvalue weighted by molar-refractivity contribution is 5.99. The van der Waals surface area contributed by atoms with Gasteiger partial charge in [-0.25, -0.2) is 4.79 Å². The molecule has 0 N–H and O–H groups in total. The van der Waals surface area contributed by atoms with E-state index in [1.807, 2.05) is 97.1 Å². The summed E-state index contributed by atoms with van der Waals surface area (Å²) >= 11 is 0. The first kappa shape index (κ1) is 26.2. The van der Waals surface area contributed by atoms with Crippen molar-refractivity contribution >= 4 is 0 Å². The van der Waals surface area contributed by atoms with Gasteiger partial charge in [-0.05, 0) is 38.9 Å². The Bertz CT molecular complexity index is 2030. The van der Waals surface area contributed by atoms with Crippen molar-refractivity contribution in [3.05, 3.63) is 180 Å². The lowest BCUT2D eigenvalue weighted by Crippen LogP contribution is -2.09. The molecule has 1 heterocycles. The molecule has 0 unspecified atom stereocenters. The van der Waals surface area contributed by atoms with Crippen LogP contribution in [-0.4, -0.2) is 0 Å². The van der Waals surface area contributed by atoms with Gasteiger partial charge < -0.3 is 4.42 Å². The van der Waals surface area contributed by atoms with Gasteiger partial charge in [0.1, 0.15) is 5.76 Å². The van der Waals surface area contributed by atoms with E-state index in [0.29, 0.717) is 11.3 Å². The lowest BCUT2D eigenvalue weighted by Gasteiger charge is -2.19. The molecule has 0 aliphatic heterocycles. The lowest BCUT2D eigenvalue weighted by molar-refractivity contribution is 0.530. The molecular weight excluding hydrogens is 524 g/mol. The molecule has 0 aliphatic rings. The maximum Gasteiger partial charge on any atom is 0.344 e. The maximum absolute atomic E-state index is 14.0. The second-order valence-corrected chi connectivity index (χ2v) is 10.5. The van der Waals surface area contributed by atoms with Gasteiger partial charge in [0, 0.05) is 16.7 Å². The summed E-state index contributed by atoms with van der Waals surface area (Å²) in [4.78, 5) is 14.0. The van der Waals surface area contributed by atoms with Crippen molar-refractivity contribution in [3.63, 3.8) is 0 Å². The van der Waals surface area contributed by atoms with Crippen molar-refractivity contribution in [2.75, 3.05) is 0 Å². The summed E-state index contributed by atoms with van der Waals surface area (Å²) in [5.41, 5.74) is 10.1. The van der Waals surface area contributed by atoms with Crippen molar-refractivity contribution in [3.8, 4) is 67.0 Å². The smallest absolute Gasteiger partial charge is 0.344 e. The van der Waals surface area contributed by atoms with Crippen LogP contribution in [0.2, 0.25) is 0 Å². The van der Waals surface area contributed by atoms with Crippen LogP contribution in [0, 0.1) is 0 Å². The van der Waals surface area contributed by atoms with Crippen molar-refractivity contribution in [2.45, 2.75) is 0 Å². The summed E-state index contributed by atoms with van der Waals surface area (Å²) in [7, 11) is 0. The molecule has 43 heavy (non-hydrogen) atoms. The Kier molecular flexibility index (Phi) is 7.09. The third-order valence-corrected chi connectivity index (χ3v) is 7.79. The van der Waals surface area contributed by atoms with E-state index in [-0.39, 0.29) is 5.63 Å². The Morgan fingerprint density at radius 1 is 0.279 bits per heavy atom. The molecular formula is C41H28O2. The molecule has 0 aliphatic carbocycles. The van der Waals surface area contributed by atoms with Gasteiger partial charge in [0.05, 0.1) is 5.56 Å². The first-order valence-corrected chi connectivity index (χ1v) is 14.4. The summed E-state index contributed by atoms with van der Waals surface area (Å²) in [6, 6.07) is 57.4. The topological polar surface area (TPSA) is 30.2 Å². The average molecular weight is 553 g/mol. The number of rotatable bonds is 6. The van der Waals surface area contributed by atoms with Crippen LogP contribution in [0.25, 0.3) is 67.0 Å². The second-order valence-electron chi connectivity index (χ2n) is 10.5. The van der Waals surface area contributed by atoms with Gasteiger partial charge in [-0.1, -0.05) is 170 Å². The molecule has 7 rings (SSSR count). The molecule has 2 heteroatoms. The quantitative estimate of drug-likeness (QED) is 0.205. The normalized spacial score (nSPS) is 10.9. The van der Waals surface area contributed by atoms with E-state index in [1.165, 1.54) is 0 Å². The van der Waals surface area contributed by atoms with Crippen molar-refractivity contribution in [1.29, 1.82) is 0 Å². The fourth-order valence-electron chi connectivity index (χ4n) is 5.68. The highest BCUT2D eigenvalue weighted by Gasteiger charge is 2.24. The molecule has 7 aromatic rings. The fourth-order valence-corrected chi connectivity index (χ4v) is 5.68. The Hall–Kier alpha value is -5.73. The van der Waals surface area contributed by atoms with Gasteiger partial charge in [0.15, 0.2) is 0 Å². The first-order valence-electron chi connectivity index (χ1n) is 14.4. The Morgan fingerprint density at radius 2 is 0.581 bits per heavy atom. The Labute approximate surface area is 251 Å². The average Bonchev–Trinajstić information content (AvgIpc) is 3.09. The molecule has 0 saturated carbocycles. The second kappa shape index (κ2) is 11.6. The lowest BCUT2D eigenvalue weighted by atomic mass is 9.86. The van der Waals surface area contributed by atoms with Gasteiger partial charge in [-0.3, -0.25) is 0 Å². The van der Waals surface area contributed by atoms with Crippen LogP contribution < -0.4 is 5.63 Å². The van der Waals surface area contributed by atoms with E-state index < -0.39 is 0 Å². The van der Waals surface area contributed by atoms with E-state index in [1.54, 1.807) is 0 Å². The van der Waals surface area contributed by atoms with Gasteiger partial charge >= 0.3 is 5.63 Å². The SMILES string of the molecule is O=c1oc(-c2ccccc2)c(-c2ccc(-c3ccccc3)cc2)c(-c2ccc(-c3ccccc3)cc2)c1-c1ccccc1. The highest BCUT2D eigenvalue weighted by Crippen LogP contribution is 2.44. The van der Waals surface area contributed by atoms with Gasteiger partial charge in [0.2, 0.25) is 0 Å². The van der Waals surface area contributed by atoms with Crippen LogP contribution in [0.4, 0.5) is 0 Å². The predicted octanol–water partition coefficient (Wildman–Crippen LogP) is 10.6. The van der Waals surface area contributed by atoms with E-state index in [0.717, 1.165) is 55.6 Å². The van der Waals surface area contributed by atoms with Gasteiger partial charge in [-0.15, -0.1) is 0 Å². The molecule has 0 atom stereocenters. The summed E-state index contributed by atoms with van der Waals surface area (Å²) in [5.74, 6) is 0.555. The van der Waals surface area contributed by atoms with Crippen molar-refractivity contribution < 1.29 is 4.42 Å². The zero-order valence-electron chi connectivity index (χ0n) is 23.5. The van der Waals surface area contributed by atoms with E-state index in [2.05, 4.69) is 72.8 Å². The van der Waals surface area contributed by atoms with Crippen LogP contribution in [0.3, 0.4) is 0 Å². The summed E-state index contributed by atoms with van der Waals surface area (Å²) in [6.07, 6.45) is 0. The summed E-state index contributed by atoms with van der Waals surface area (Å²) < 4.78 is 6.25. The molecule has 0 bridgehead atoms. The van der Waals surface area contributed by atoms with Crippen LogP contribution in [0.15, 0.2) is 179 Å². The van der Waals surface area contributed by atoms with Crippen LogP contribution in [-0.2, 0) is 0 Å². The zero-order chi connectivity index (χ0) is 29.0. The zero-order valence-corrected chi connectivity index (χ0v) is 23.5. The fraction of sp³-hybridized carbons (Fsp3) is 0. The molecule has 1 aromatic heterocycles. The molecule has 0 amide bonds. The standard InChI is InChI=1S/C41H28O2/c42-41-39(33-17-9-3-10-18-33)37(34-25-21-31(22-26-34)29-13-5-1-6-14-29)38(40(43-41)36-19-11-4-12-20-36)35-27-23-32(24-28-35)30-15-7-2-8-16-30/h1-28H. The Balaban J connectivity index is 1.51. The van der Waals surface area contributed by atoms with Crippen molar-refractivity contribution in [2.24, 2.45) is 0 Å². The third kappa shape index (κ3) is 5.23. The number of hydrogen-bond acceptors (Lipinski definition) is 2. The van der Waals surface area contributed by atoms with E-state index in [9.17, 15) is 4.79 Å². The Morgan fingerprint density at radius 3 is 1.02 bits per heavy atom. The molecule has 204 valence electrons. The van der Waals surface area contributed by atoms with Gasteiger partial charge in [-0.2, -0.15) is 0 Å². The van der Waals surface area contributed by atoms with Crippen LogP contribution >= 0.6 is 0 Å². The van der Waals surface area contributed by atoms with Crippen LogP contribution in [0.1, 0.15) is 0 Å². The minimum atomic E-state index is -0.364. The summed E-state index contributed by atoms with van der Waals surface area (Å²) in [5, 5.41) is 0. The molecule has 6 aromatic carbocycles. The molecule has 0 spiro atoms. The molecule has 0 fully saturated rings. The van der Waals surface area contributed by atoms with Crippen molar-refractivity contribution in [1.82, 2.24) is 0 Å². The minimum Gasteiger partial charge on any atom is -0.422 e. The third-order valence-electron chi connectivity index (χ3n) is 7.79. The maximum atomic E-state index is 14.0. The largest absolute Gasteiger partial charge is 0.422 e. The molecule has 2 nitrogen and oxygen atoms in total. The minimum absolute atomic E-state index is 0.364. The molecule has 0 saturated heterocycles. The number of benzene rings is 6. The van der Waals surface area contributed by atoms with E-state index in [4.69, 9.17) is 4.42 Å². The number of hydrogen-bond donors (Lipinski definition) is 0. The molecule has 0 radical (unpaired) electrons. The monoisotopic (exact) mass is 552 g/mol.